The van der Waals surface area contributed by atoms with E-state index in [1.807, 2.05) is 20.8 Å². The molecule has 0 aromatic carbocycles. The quantitative estimate of drug-likeness (QED) is 0.584. The van der Waals surface area contributed by atoms with Crippen LogP contribution in [0.5, 0.6) is 5.88 Å². The van der Waals surface area contributed by atoms with Gasteiger partial charge in [0.2, 0.25) is 5.88 Å². The third-order valence-electron chi connectivity index (χ3n) is 5.35. The second kappa shape index (κ2) is 10.3. The van der Waals surface area contributed by atoms with E-state index in [0.29, 0.717) is 31.8 Å². The van der Waals surface area contributed by atoms with Crippen LogP contribution in [-0.2, 0) is 11.2 Å². The first-order chi connectivity index (χ1) is 16.4. The van der Waals surface area contributed by atoms with Crippen molar-refractivity contribution in [2.75, 3.05) is 25.0 Å². The van der Waals surface area contributed by atoms with E-state index in [1.165, 1.54) is 0 Å². The van der Waals surface area contributed by atoms with Crippen LogP contribution in [0.4, 0.5) is 10.5 Å². The topological polar surface area (TPSA) is 142 Å². The van der Waals surface area contributed by atoms with E-state index in [0.717, 1.165) is 12.0 Å². The molecule has 0 aliphatic carbocycles. The van der Waals surface area contributed by atoms with Crippen molar-refractivity contribution in [3.05, 3.63) is 34.8 Å². The highest BCUT2D eigenvalue weighted by Crippen LogP contribution is 2.31. The van der Waals surface area contributed by atoms with E-state index in [9.17, 15) is 14.4 Å². The summed E-state index contributed by atoms with van der Waals surface area (Å²) in [6, 6.07) is 1.50. The van der Waals surface area contributed by atoms with Gasteiger partial charge in [0.1, 0.15) is 11.2 Å². The number of aromatic nitrogens is 3. The summed E-state index contributed by atoms with van der Waals surface area (Å²) < 4.78 is 12.7. The van der Waals surface area contributed by atoms with Gasteiger partial charge in [0.05, 0.1) is 24.0 Å². The minimum Gasteiger partial charge on any atom is -0.477 e. The highest BCUT2D eigenvalue weighted by Gasteiger charge is 2.38. The van der Waals surface area contributed by atoms with Crippen molar-refractivity contribution < 1.29 is 23.9 Å². The lowest BCUT2D eigenvalue weighted by atomic mass is 10.1. The molecule has 0 unspecified atom stereocenters. The van der Waals surface area contributed by atoms with E-state index in [4.69, 9.17) is 15.2 Å². The number of ether oxygens (including phenoxy) is 2. The Morgan fingerprint density at radius 3 is 2.49 bits per heavy atom. The maximum atomic E-state index is 13.2. The third kappa shape index (κ3) is 5.90. The fourth-order valence-electron chi connectivity index (χ4n) is 3.71. The molecule has 35 heavy (non-hydrogen) atoms. The van der Waals surface area contributed by atoms with E-state index >= 15 is 0 Å². The summed E-state index contributed by atoms with van der Waals surface area (Å²) in [5, 5.41) is 7.22. The van der Waals surface area contributed by atoms with Crippen LogP contribution in [0.2, 0.25) is 0 Å². The molecule has 0 saturated carbocycles. The van der Waals surface area contributed by atoms with Crippen LogP contribution in [0.25, 0.3) is 0 Å². The molecule has 3 amide bonds. The van der Waals surface area contributed by atoms with Gasteiger partial charge in [0.15, 0.2) is 5.69 Å². The molecule has 2 aromatic heterocycles. The summed E-state index contributed by atoms with van der Waals surface area (Å²) in [4.78, 5) is 43.6. The first-order valence-corrected chi connectivity index (χ1v) is 11.7. The van der Waals surface area contributed by atoms with Crippen molar-refractivity contribution in [1.82, 2.24) is 19.7 Å². The van der Waals surface area contributed by atoms with Gasteiger partial charge < -0.3 is 25.4 Å². The van der Waals surface area contributed by atoms with Gasteiger partial charge >= 0.3 is 6.09 Å². The minimum atomic E-state index is -0.762. The van der Waals surface area contributed by atoms with Gasteiger partial charge in [-0.3, -0.25) is 14.3 Å². The molecule has 3 rings (SSSR count). The molecule has 1 aliphatic rings. The molecule has 0 spiro atoms. The molecule has 190 valence electrons. The average molecular weight is 487 g/mol. The number of rotatable bonds is 8. The first-order valence-electron chi connectivity index (χ1n) is 11.7. The Labute approximate surface area is 205 Å². The number of primary amides is 1. The number of hydrogen-bond acceptors (Lipinski definition) is 7. The Hall–Kier alpha value is -3.63. The largest absolute Gasteiger partial charge is 0.477 e. The summed E-state index contributed by atoms with van der Waals surface area (Å²) in [5.41, 5.74) is 6.90. The molecule has 1 saturated heterocycles. The van der Waals surface area contributed by atoms with Crippen molar-refractivity contribution in [3.8, 4) is 5.88 Å². The summed E-state index contributed by atoms with van der Waals surface area (Å²) >= 11 is 0. The Morgan fingerprint density at radius 1 is 1.23 bits per heavy atom. The van der Waals surface area contributed by atoms with Crippen LogP contribution in [0.15, 0.2) is 12.3 Å². The number of amides is 3. The highest BCUT2D eigenvalue weighted by molar-refractivity contribution is 6.09. The summed E-state index contributed by atoms with van der Waals surface area (Å²) in [6.07, 6.45) is 2.45. The zero-order valence-corrected chi connectivity index (χ0v) is 21.2. The fraction of sp³-hybridized carbons (Fsp3) is 0.542. The molecule has 1 fully saturated rings. The molecule has 0 atom stereocenters. The lowest BCUT2D eigenvalue weighted by Crippen LogP contribution is -2.52. The summed E-state index contributed by atoms with van der Waals surface area (Å²) in [5.74, 6) is -1.03. The number of hydrogen-bond donors (Lipinski definition) is 2. The Morgan fingerprint density at radius 2 is 1.91 bits per heavy atom. The highest BCUT2D eigenvalue weighted by atomic mass is 16.6. The van der Waals surface area contributed by atoms with Crippen molar-refractivity contribution >= 4 is 23.6 Å². The van der Waals surface area contributed by atoms with E-state index < -0.39 is 23.5 Å². The van der Waals surface area contributed by atoms with Gasteiger partial charge in [-0.1, -0.05) is 13.8 Å². The van der Waals surface area contributed by atoms with Crippen LogP contribution in [-0.4, -0.2) is 62.9 Å². The SMILES string of the molecule is CCCOc1ncc(C)cc1C(=O)Nc1c(C(N)=O)nn(C2CN(C(=O)OC(C)(C)C)C2)c1CC. The van der Waals surface area contributed by atoms with Crippen LogP contribution < -0.4 is 15.8 Å². The van der Waals surface area contributed by atoms with Gasteiger partial charge in [0, 0.05) is 19.3 Å². The molecule has 0 radical (unpaired) electrons. The number of likely N-dealkylation sites (tertiary alicyclic amines) is 1. The number of nitrogens with one attached hydrogen (secondary N) is 1. The summed E-state index contributed by atoms with van der Waals surface area (Å²) in [7, 11) is 0. The van der Waals surface area contributed by atoms with Crippen molar-refractivity contribution in [1.29, 1.82) is 0 Å². The normalized spacial score (nSPS) is 13.8. The maximum absolute atomic E-state index is 13.2. The van der Waals surface area contributed by atoms with Gasteiger partial charge in [-0.25, -0.2) is 9.78 Å². The van der Waals surface area contributed by atoms with Crippen molar-refractivity contribution in [2.45, 2.75) is 66.0 Å². The first kappa shape index (κ1) is 26.0. The van der Waals surface area contributed by atoms with E-state index in [2.05, 4.69) is 15.4 Å². The second-order valence-electron chi connectivity index (χ2n) is 9.54. The fourth-order valence-corrected chi connectivity index (χ4v) is 3.71. The number of aryl methyl sites for hydroxylation is 1. The molecule has 3 N–H and O–H groups in total. The Kier molecular flexibility index (Phi) is 7.67. The third-order valence-corrected chi connectivity index (χ3v) is 5.35. The second-order valence-corrected chi connectivity index (χ2v) is 9.54. The molecular formula is C24H34N6O5. The number of nitrogens with two attached hydrogens (primary N) is 1. The Bertz CT molecular complexity index is 1110. The summed E-state index contributed by atoms with van der Waals surface area (Å²) in [6.45, 7) is 12.2. The standard InChI is InChI=1S/C24H34N6O5/c1-7-9-34-22-16(10-14(3)11-26-22)21(32)27-18-17(8-2)30(28-19(18)20(25)31)15-12-29(13-15)23(33)35-24(4,5)6/h10-11,15H,7-9,12-13H2,1-6H3,(H2,25,31)(H,27,32). The monoisotopic (exact) mass is 486 g/mol. The molecule has 11 nitrogen and oxygen atoms in total. The number of anilines is 1. The van der Waals surface area contributed by atoms with Gasteiger partial charge in [-0.05, 0) is 52.2 Å². The molecule has 3 heterocycles. The minimum absolute atomic E-state index is 0.0393. The van der Waals surface area contributed by atoms with Crippen LogP contribution in [0.1, 0.15) is 79.2 Å². The molecule has 1 aliphatic heterocycles. The average Bonchev–Trinajstić information content (AvgIpc) is 3.08. The molecule has 11 heteroatoms. The Balaban J connectivity index is 1.87. The lowest BCUT2D eigenvalue weighted by molar-refractivity contribution is -0.000792. The predicted molar refractivity (Wildman–Crippen MR) is 130 cm³/mol. The number of nitrogens with zero attached hydrogens (tertiary/aromatic N) is 4. The zero-order chi connectivity index (χ0) is 25.9. The van der Waals surface area contributed by atoms with Gasteiger partial charge in [-0.2, -0.15) is 5.10 Å². The predicted octanol–water partition coefficient (Wildman–Crippen LogP) is 3.08. The van der Waals surface area contributed by atoms with Crippen LogP contribution in [0.3, 0.4) is 0 Å². The van der Waals surface area contributed by atoms with E-state index in [-0.39, 0.29) is 28.9 Å². The van der Waals surface area contributed by atoms with E-state index in [1.54, 1.807) is 42.6 Å². The van der Waals surface area contributed by atoms with Crippen LogP contribution in [0, 0.1) is 6.92 Å². The van der Waals surface area contributed by atoms with Crippen molar-refractivity contribution in [3.63, 3.8) is 0 Å². The number of carbonyl (C=O) groups excluding carboxylic acids is 3. The molecule has 0 bridgehead atoms. The number of pyridine rings is 1. The number of carbonyl (C=O) groups is 3. The zero-order valence-electron chi connectivity index (χ0n) is 21.2. The van der Waals surface area contributed by atoms with Crippen LogP contribution >= 0.6 is 0 Å². The van der Waals surface area contributed by atoms with Gasteiger partial charge in [0.25, 0.3) is 11.8 Å². The van der Waals surface area contributed by atoms with Gasteiger partial charge in [-0.15, -0.1) is 0 Å². The lowest BCUT2D eigenvalue weighted by Gasteiger charge is -2.40. The maximum Gasteiger partial charge on any atom is 0.410 e. The van der Waals surface area contributed by atoms with Crippen molar-refractivity contribution in [2.24, 2.45) is 5.73 Å². The smallest absolute Gasteiger partial charge is 0.410 e. The molecule has 2 aromatic rings. The molecular weight excluding hydrogens is 452 g/mol.